The Morgan fingerprint density at radius 3 is 2.27 bits per heavy atom. The first-order valence-electron chi connectivity index (χ1n) is 7.26. The summed E-state index contributed by atoms with van der Waals surface area (Å²) in [4.78, 5) is 12.0. The Balaban J connectivity index is 1.89. The third-order valence-electron chi connectivity index (χ3n) is 3.59. The minimum Gasteiger partial charge on any atom is -0.497 e. The molecule has 0 aliphatic carbocycles. The molecule has 2 aromatic carbocycles. The highest BCUT2D eigenvalue weighted by Crippen LogP contribution is 2.21. The lowest BCUT2D eigenvalue weighted by molar-refractivity contribution is 0.249. The molecular weight excluding hydrogens is 276 g/mol. The second-order valence-corrected chi connectivity index (χ2v) is 5.79. The van der Waals surface area contributed by atoms with Crippen LogP contribution in [0.25, 0.3) is 0 Å². The highest BCUT2D eigenvalue weighted by Gasteiger charge is 2.20. The summed E-state index contributed by atoms with van der Waals surface area (Å²) in [5.74, 6) is 0.760. The number of ether oxygens (including phenoxy) is 1. The fourth-order valence-corrected chi connectivity index (χ4v) is 2.14. The molecule has 2 aromatic rings. The number of carbonyl (C=O) groups is 1. The maximum Gasteiger partial charge on any atom is 0.319 e. The third-order valence-corrected chi connectivity index (χ3v) is 3.59. The molecule has 116 valence electrons. The van der Waals surface area contributed by atoms with Gasteiger partial charge >= 0.3 is 6.03 Å². The van der Waals surface area contributed by atoms with Gasteiger partial charge in [-0.25, -0.2) is 4.79 Å². The van der Waals surface area contributed by atoms with Crippen LogP contribution in [0.5, 0.6) is 5.75 Å². The predicted molar refractivity (Wildman–Crippen MR) is 89.5 cm³/mol. The van der Waals surface area contributed by atoms with Crippen LogP contribution in [-0.2, 0) is 5.41 Å². The predicted octanol–water partition coefficient (Wildman–Crippen LogP) is 3.79. The number of hydrogen-bond donors (Lipinski definition) is 2. The minimum absolute atomic E-state index is 0.126. The Hall–Kier alpha value is -2.49. The first kappa shape index (κ1) is 15.9. The molecule has 2 amide bonds. The number of methoxy groups -OCH3 is 1. The summed E-state index contributed by atoms with van der Waals surface area (Å²) < 4.78 is 5.09. The zero-order valence-corrected chi connectivity index (χ0v) is 13.2. The first-order valence-corrected chi connectivity index (χ1v) is 7.26. The van der Waals surface area contributed by atoms with E-state index >= 15 is 0 Å². The van der Waals surface area contributed by atoms with Gasteiger partial charge in [0.15, 0.2) is 0 Å². The van der Waals surface area contributed by atoms with Crippen LogP contribution < -0.4 is 15.4 Å². The monoisotopic (exact) mass is 298 g/mol. The van der Waals surface area contributed by atoms with Crippen molar-refractivity contribution in [1.82, 2.24) is 5.32 Å². The number of anilines is 1. The average molecular weight is 298 g/mol. The molecule has 0 saturated heterocycles. The summed E-state index contributed by atoms with van der Waals surface area (Å²) in [6, 6.07) is 17.2. The summed E-state index contributed by atoms with van der Waals surface area (Å²) in [5, 5.41) is 5.73. The van der Waals surface area contributed by atoms with E-state index in [0.29, 0.717) is 6.54 Å². The zero-order valence-electron chi connectivity index (χ0n) is 13.2. The molecule has 4 nitrogen and oxygen atoms in total. The number of carbonyl (C=O) groups excluding carboxylic acids is 1. The normalized spacial score (nSPS) is 10.9. The van der Waals surface area contributed by atoms with Crippen molar-refractivity contribution in [2.75, 3.05) is 19.0 Å². The molecule has 0 bridgehead atoms. The van der Waals surface area contributed by atoms with Crippen LogP contribution in [0.4, 0.5) is 10.5 Å². The summed E-state index contributed by atoms with van der Waals surface area (Å²) in [7, 11) is 1.61. The number of nitrogens with one attached hydrogen (secondary N) is 2. The molecule has 0 fully saturated rings. The molecule has 0 heterocycles. The summed E-state index contributed by atoms with van der Waals surface area (Å²) in [6.45, 7) is 4.77. The Morgan fingerprint density at radius 1 is 1.05 bits per heavy atom. The third kappa shape index (κ3) is 4.25. The van der Waals surface area contributed by atoms with E-state index in [0.717, 1.165) is 11.4 Å². The van der Waals surface area contributed by atoms with Gasteiger partial charge in [-0.15, -0.1) is 0 Å². The van der Waals surface area contributed by atoms with Crippen molar-refractivity contribution in [2.24, 2.45) is 0 Å². The molecule has 0 aliphatic rings. The lowest BCUT2D eigenvalue weighted by atomic mass is 9.85. The lowest BCUT2D eigenvalue weighted by Gasteiger charge is -2.25. The van der Waals surface area contributed by atoms with Crippen LogP contribution in [0.15, 0.2) is 54.6 Å². The second kappa shape index (κ2) is 6.98. The maximum absolute atomic E-state index is 12.0. The van der Waals surface area contributed by atoms with Crippen LogP contribution in [0.1, 0.15) is 19.4 Å². The molecule has 0 unspecified atom stereocenters. The van der Waals surface area contributed by atoms with E-state index in [2.05, 4.69) is 36.6 Å². The van der Waals surface area contributed by atoms with Gasteiger partial charge in [-0.1, -0.05) is 44.2 Å². The molecule has 0 spiro atoms. The number of rotatable bonds is 5. The van der Waals surface area contributed by atoms with Crippen LogP contribution in [-0.4, -0.2) is 19.7 Å². The van der Waals surface area contributed by atoms with Gasteiger partial charge in [0.1, 0.15) is 5.75 Å². The summed E-state index contributed by atoms with van der Waals surface area (Å²) in [5.41, 5.74) is 1.80. The first-order chi connectivity index (χ1) is 10.5. The van der Waals surface area contributed by atoms with E-state index in [1.165, 1.54) is 5.56 Å². The van der Waals surface area contributed by atoms with E-state index in [4.69, 9.17) is 4.74 Å². The maximum atomic E-state index is 12.0. The Kier molecular flexibility index (Phi) is 5.04. The quantitative estimate of drug-likeness (QED) is 0.882. The van der Waals surface area contributed by atoms with Gasteiger partial charge in [-0.3, -0.25) is 0 Å². The standard InChI is InChI=1S/C18H22N2O2/c1-18(2,14-7-5-4-6-8-14)13-19-17(21)20-15-9-11-16(22-3)12-10-15/h4-12H,13H2,1-3H3,(H2,19,20,21). The van der Waals surface area contributed by atoms with Crippen molar-refractivity contribution in [3.8, 4) is 5.75 Å². The van der Waals surface area contributed by atoms with E-state index in [-0.39, 0.29) is 11.4 Å². The number of amides is 2. The molecular formula is C18H22N2O2. The molecule has 0 saturated carbocycles. The van der Waals surface area contributed by atoms with Crippen LogP contribution >= 0.6 is 0 Å². The smallest absolute Gasteiger partial charge is 0.319 e. The van der Waals surface area contributed by atoms with Crippen molar-refractivity contribution in [1.29, 1.82) is 0 Å². The van der Waals surface area contributed by atoms with Crippen molar-refractivity contribution in [3.05, 3.63) is 60.2 Å². The van der Waals surface area contributed by atoms with Crippen LogP contribution in [0, 0.1) is 0 Å². The number of benzene rings is 2. The molecule has 2 rings (SSSR count). The number of hydrogen-bond acceptors (Lipinski definition) is 2. The molecule has 4 heteroatoms. The van der Waals surface area contributed by atoms with Gasteiger partial charge in [-0.05, 0) is 29.8 Å². The fraction of sp³-hybridized carbons (Fsp3) is 0.278. The second-order valence-electron chi connectivity index (χ2n) is 5.79. The molecule has 0 aromatic heterocycles. The highest BCUT2D eigenvalue weighted by atomic mass is 16.5. The van der Waals surface area contributed by atoms with Gasteiger partial charge in [0.2, 0.25) is 0 Å². The SMILES string of the molecule is COc1ccc(NC(=O)NCC(C)(C)c2ccccc2)cc1. The summed E-state index contributed by atoms with van der Waals surface area (Å²) in [6.07, 6.45) is 0. The van der Waals surface area contributed by atoms with Gasteiger partial charge < -0.3 is 15.4 Å². The fourth-order valence-electron chi connectivity index (χ4n) is 2.14. The summed E-state index contributed by atoms with van der Waals surface area (Å²) >= 11 is 0. The lowest BCUT2D eigenvalue weighted by Crippen LogP contribution is -2.38. The van der Waals surface area contributed by atoms with Gasteiger partial charge in [-0.2, -0.15) is 0 Å². The van der Waals surface area contributed by atoms with Crippen LogP contribution in [0.2, 0.25) is 0 Å². The molecule has 22 heavy (non-hydrogen) atoms. The van der Waals surface area contributed by atoms with Crippen LogP contribution in [0.3, 0.4) is 0 Å². The van der Waals surface area contributed by atoms with Gasteiger partial charge in [0.25, 0.3) is 0 Å². The van der Waals surface area contributed by atoms with Crippen molar-refractivity contribution in [2.45, 2.75) is 19.3 Å². The highest BCUT2D eigenvalue weighted by molar-refractivity contribution is 5.89. The van der Waals surface area contributed by atoms with Crippen molar-refractivity contribution in [3.63, 3.8) is 0 Å². The molecule has 0 radical (unpaired) electrons. The molecule has 2 N–H and O–H groups in total. The zero-order chi connectivity index (χ0) is 16.0. The van der Waals surface area contributed by atoms with Crippen molar-refractivity contribution < 1.29 is 9.53 Å². The van der Waals surface area contributed by atoms with Crippen molar-refractivity contribution >= 4 is 11.7 Å². The van der Waals surface area contributed by atoms with E-state index in [1.807, 2.05) is 30.3 Å². The largest absolute Gasteiger partial charge is 0.497 e. The molecule has 0 aliphatic heterocycles. The Labute approximate surface area is 131 Å². The van der Waals surface area contributed by atoms with Gasteiger partial charge in [0.05, 0.1) is 7.11 Å². The number of urea groups is 1. The van der Waals surface area contributed by atoms with E-state index in [1.54, 1.807) is 19.2 Å². The van der Waals surface area contributed by atoms with Gasteiger partial charge in [0, 0.05) is 17.6 Å². The Morgan fingerprint density at radius 2 is 1.68 bits per heavy atom. The van der Waals surface area contributed by atoms with E-state index in [9.17, 15) is 4.79 Å². The topological polar surface area (TPSA) is 50.4 Å². The molecule has 0 atom stereocenters. The minimum atomic E-state index is -0.214. The van der Waals surface area contributed by atoms with E-state index < -0.39 is 0 Å². The Bertz CT molecular complexity index is 607. The average Bonchev–Trinajstić information content (AvgIpc) is 2.55.